The highest BCUT2D eigenvalue weighted by Gasteiger charge is 2.25. The summed E-state index contributed by atoms with van der Waals surface area (Å²) in [6, 6.07) is 11.5. The highest BCUT2D eigenvalue weighted by atomic mass is 32.2. The second-order valence-electron chi connectivity index (χ2n) is 6.43. The Hall–Kier alpha value is -2.54. The van der Waals surface area contributed by atoms with Gasteiger partial charge in [0.05, 0.1) is 12.0 Å². The van der Waals surface area contributed by atoms with Gasteiger partial charge in [-0.2, -0.15) is 0 Å². The number of carbonyl (C=O) groups excluding carboxylic acids is 1. The van der Waals surface area contributed by atoms with Crippen molar-refractivity contribution in [2.24, 2.45) is 5.92 Å². The number of aryl methyl sites for hydroxylation is 1. The molecule has 0 bridgehead atoms. The SMILES string of the molecule is COc1ccc(NS(=O)(=O)c2cc(NC(=O)C3CCC3)ccc2C)cc1. The zero-order valence-electron chi connectivity index (χ0n) is 14.8. The number of carbonyl (C=O) groups is 1. The maximum absolute atomic E-state index is 12.8. The maximum atomic E-state index is 12.8. The van der Waals surface area contributed by atoms with E-state index in [4.69, 9.17) is 4.74 Å². The predicted octanol–water partition coefficient (Wildman–Crippen LogP) is 3.54. The molecular weight excluding hydrogens is 352 g/mol. The van der Waals surface area contributed by atoms with Crippen molar-refractivity contribution in [3.05, 3.63) is 48.0 Å². The van der Waals surface area contributed by atoms with Crippen molar-refractivity contribution in [3.8, 4) is 5.75 Å². The van der Waals surface area contributed by atoms with Crippen molar-refractivity contribution in [3.63, 3.8) is 0 Å². The number of amides is 1. The molecule has 0 radical (unpaired) electrons. The Labute approximate surface area is 153 Å². The standard InChI is InChI=1S/C19H22N2O4S/c1-13-6-7-16(20-19(22)14-4-3-5-14)12-18(13)26(23,24)21-15-8-10-17(25-2)11-9-15/h6-12,14,21H,3-5H2,1-2H3,(H,20,22). The molecule has 1 aliphatic carbocycles. The van der Waals surface area contributed by atoms with Crippen molar-refractivity contribution in [2.45, 2.75) is 31.1 Å². The van der Waals surface area contributed by atoms with E-state index < -0.39 is 10.0 Å². The monoisotopic (exact) mass is 374 g/mol. The minimum absolute atomic E-state index is 0.0359. The van der Waals surface area contributed by atoms with Crippen LogP contribution in [0.25, 0.3) is 0 Å². The highest BCUT2D eigenvalue weighted by Crippen LogP contribution is 2.29. The molecule has 0 unspecified atom stereocenters. The Kier molecular flexibility index (Phi) is 5.18. The van der Waals surface area contributed by atoms with E-state index >= 15 is 0 Å². The van der Waals surface area contributed by atoms with E-state index in [9.17, 15) is 13.2 Å². The van der Waals surface area contributed by atoms with Gasteiger partial charge >= 0.3 is 0 Å². The molecule has 0 atom stereocenters. The molecule has 26 heavy (non-hydrogen) atoms. The summed E-state index contributed by atoms with van der Waals surface area (Å²) in [5, 5.41) is 2.81. The number of benzene rings is 2. The van der Waals surface area contributed by atoms with E-state index in [0.29, 0.717) is 22.7 Å². The van der Waals surface area contributed by atoms with Gasteiger partial charge in [0.15, 0.2) is 0 Å². The predicted molar refractivity (Wildman–Crippen MR) is 101 cm³/mol. The zero-order chi connectivity index (χ0) is 18.7. The summed E-state index contributed by atoms with van der Waals surface area (Å²) in [6.45, 7) is 1.72. The van der Waals surface area contributed by atoms with E-state index in [1.165, 1.54) is 6.07 Å². The van der Waals surface area contributed by atoms with Gasteiger partial charge in [0, 0.05) is 17.3 Å². The molecule has 2 aromatic rings. The lowest BCUT2D eigenvalue weighted by molar-refractivity contribution is -0.122. The van der Waals surface area contributed by atoms with E-state index in [0.717, 1.165) is 19.3 Å². The smallest absolute Gasteiger partial charge is 0.262 e. The van der Waals surface area contributed by atoms with E-state index in [1.807, 2.05) is 0 Å². The number of ether oxygens (including phenoxy) is 1. The number of rotatable bonds is 6. The van der Waals surface area contributed by atoms with Crippen LogP contribution in [-0.2, 0) is 14.8 Å². The van der Waals surface area contributed by atoms with Crippen LogP contribution >= 0.6 is 0 Å². The normalized spacial score (nSPS) is 14.4. The lowest BCUT2D eigenvalue weighted by Gasteiger charge is -2.24. The number of methoxy groups -OCH3 is 1. The molecule has 1 amide bonds. The fourth-order valence-corrected chi connectivity index (χ4v) is 4.08. The first kappa shape index (κ1) is 18.3. The fraction of sp³-hybridized carbons (Fsp3) is 0.316. The second-order valence-corrected chi connectivity index (χ2v) is 8.08. The topological polar surface area (TPSA) is 84.5 Å². The maximum Gasteiger partial charge on any atom is 0.262 e. The van der Waals surface area contributed by atoms with Gasteiger partial charge in [-0.05, 0) is 61.7 Å². The van der Waals surface area contributed by atoms with Gasteiger partial charge in [-0.15, -0.1) is 0 Å². The van der Waals surface area contributed by atoms with Crippen LogP contribution in [0.15, 0.2) is 47.4 Å². The van der Waals surface area contributed by atoms with Crippen molar-refractivity contribution in [1.29, 1.82) is 0 Å². The van der Waals surface area contributed by atoms with Gasteiger partial charge in [0.2, 0.25) is 5.91 Å². The van der Waals surface area contributed by atoms with Gasteiger partial charge in [-0.3, -0.25) is 9.52 Å². The third kappa shape index (κ3) is 3.99. The van der Waals surface area contributed by atoms with Crippen LogP contribution in [0.4, 0.5) is 11.4 Å². The van der Waals surface area contributed by atoms with Gasteiger partial charge in [0.1, 0.15) is 5.75 Å². The molecular formula is C19H22N2O4S. The number of nitrogens with one attached hydrogen (secondary N) is 2. The van der Waals surface area contributed by atoms with Gasteiger partial charge < -0.3 is 10.1 Å². The van der Waals surface area contributed by atoms with Gasteiger partial charge in [-0.25, -0.2) is 8.42 Å². The van der Waals surface area contributed by atoms with Gasteiger partial charge in [0.25, 0.3) is 10.0 Å². The summed E-state index contributed by atoms with van der Waals surface area (Å²) in [6.07, 6.45) is 2.85. The van der Waals surface area contributed by atoms with Crippen LogP contribution in [0.2, 0.25) is 0 Å². The number of sulfonamides is 1. The fourth-order valence-electron chi connectivity index (χ4n) is 2.75. The second kappa shape index (κ2) is 7.37. The Morgan fingerprint density at radius 3 is 2.31 bits per heavy atom. The first-order chi connectivity index (χ1) is 12.4. The van der Waals surface area contributed by atoms with E-state index in [1.54, 1.807) is 50.4 Å². The molecule has 7 heteroatoms. The average Bonchev–Trinajstić information content (AvgIpc) is 2.55. The summed E-state index contributed by atoms with van der Waals surface area (Å²) in [5.74, 6) is 0.630. The molecule has 1 fully saturated rings. The summed E-state index contributed by atoms with van der Waals surface area (Å²) >= 11 is 0. The van der Waals surface area contributed by atoms with Crippen LogP contribution in [-0.4, -0.2) is 21.4 Å². The minimum atomic E-state index is -3.78. The van der Waals surface area contributed by atoms with Crippen molar-refractivity contribution >= 4 is 27.3 Å². The molecule has 3 rings (SSSR count). The molecule has 1 aliphatic rings. The van der Waals surface area contributed by atoms with Crippen LogP contribution in [0.5, 0.6) is 5.75 Å². The lowest BCUT2D eigenvalue weighted by atomic mass is 9.85. The van der Waals surface area contributed by atoms with Crippen LogP contribution in [0, 0.1) is 12.8 Å². The molecule has 1 saturated carbocycles. The number of anilines is 2. The Morgan fingerprint density at radius 2 is 1.73 bits per heavy atom. The third-order valence-electron chi connectivity index (χ3n) is 4.56. The highest BCUT2D eigenvalue weighted by molar-refractivity contribution is 7.92. The first-order valence-corrected chi connectivity index (χ1v) is 9.96. The summed E-state index contributed by atoms with van der Waals surface area (Å²) < 4.78 is 33.1. The average molecular weight is 374 g/mol. The van der Waals surface area contributed by atoms with Crippen LogP contribution in [0.1, 0.15) is 24.8 Å². The van der Waals surface area contributed by atoms with Crippen molar-refractivity contribution in [2.75, 3.05) is 17.1 Å². The summed E-state index contributed by atoms with van der Waals surface area (Å²) in [4.78, 5) is 12.2. The molecule has 0 spiro atoms. The van der Waals surface area contributed by atoms with Gasteiger partial charge in [-0.1, -0.05) is 12.5 Å². The Bertz CT molecular complexity index is 904. The van der Waals surface area contributed by atoms with E-state index in [-0.39, 0.29) is 16.7 Å². The quantitative estimate of drug-likeness (QED) is 0.810. The summed E-state index contributed by atoms with van der Waals surface area (Å²) in [5.41, 5.74) is 1.53. The van der Waals surface area contributed by atoms with Crippen LogP contribution < -0.4 is 14.8 Å². The summed E-state index contributed by atoms with van der Waals surface area (Å²) in [7, 11) is -2.23. The van der Waals surface area contributed by atoms with Crippen LogP contribution in [0.3, 0.4) is 0 Å². The molecule has 0 aliphatic heterocycles. The molecule has 6 nitrogen and oxygen atoms in total. The first-order valence-electron chi connectivity index (χ1n) is 8.47. The molecule has 0 heterocycles. The molecule has 138 valence electrons. The molecule has 2 aromatic carbocycles. The Morgan fingerprint density at radius 1 is 1.08 bits per heavy atom. The van der Waals surface area contributed by atoms with Crippen molar-refractivity contribution < 1.29 is 17.9 Å². The van der Waals surface area contributed by atoms with Crippen molar-refractivity contribution in [1.82, 2.24) is 0 Å². The molecule has 0 saturated heterocycles. The minimum Gasteiger partial charge on any atom is -0.497 e. The lowest BCUT2D eigenvalue weighted by Crippen LogP contribution is -2.28. The Balaban J connectivity index is 1.81. The number of hydrogen-bond donors (Lipinski definition) is 2. The largest absolute Gasteiger partial charge is 0.497 e. The number of hydrogen-bond acceptors (Lipinski definition) is 4. The van der Waals surface area contributed by atoms with E-state index in [2.05, 4.69) is 10.0 Å². The third-order valence-corrected chi connectivity index (χ3v) is 6.09. The zero-order valence-corrected chi connectivity index (χ0v) is 15.6. The molecule has 0 aromatic heterocycles. The molecule has 2 N–H and O–H groups in total.